The van der Waals surface area contributed by atoms with Crippen molar-refractivity contribution in [1.29, 1.82) is 5.41 Å². The fourth-order valence-electron chi connectivity index (χ4n) is 0.870. The molecule has 0 aliphatic heterocycles. The molecule has 82 valence electrons. The molecule has 1 rings (SSSR count). The summed E-state index contributed by atoms with van der Waals surface area (Å²) in [6.45, 7) is 3.24. The van der Waals surface area contributed by atoms with Crippen molar-refractivity contribution in [3.63, 3.8) is 0 Å². The van der Waals surface area contributed by atoms with E-state index in [2.05, 4.69) is 4.28 Å². The molecule has 0 atom stereocenters. The van der Waals surface area contributed by atoms with Crippen molar-refractivity contribution in [2.24, 2.45) is 0 Å². The van der Waals surface area contributed by atoms with Crippen LogP contribution in [0.4, 0.5) is 0 Å². The molecule has 0 aliphatic carbocycles. The largest absolute Gasteiger partial charge is 0.317 e. The minimum Gasteiger partial charge on any atom is -0.287 e. The lowest BCUT2D eigenvalue weighted by Gasteiger charge is -2.05. The summed E-state index contributed by atoms with van der Waals surface area (Å²) in [6.07, 6.45) is 0. The second-order valence-corrected chi connectivity index (χ2v) is 4.62. The maximum atomic E-state index is 11.5. The lowest BCUT2D eigenvalue weighted by Crippen LogP contribution is -2.24. The standard InChI is InChI=1S/C9H12N2O3S/c1-7-3-5-9(6-4-7)15(12,13)14-11-8(2)10/h3-6H,1-2H3,(H2,10,11). The second-order valence-electron chi connectivity index (χ2n) is 3.08. The van der Waals surface area contributed by atoms with E-state index in [-0.39, 0.29) is 10.7 Å². The highest BCUT2D eigenvalue weighted by atomic mass is 32.2. The van der Waals surface area contributed by atoms with Gasteiger partial charge >= 0.3 is 10.1 Å². The Morgan fingerprint density at radius 3 is 2.33 bits per heavy atom. The molecule has 0 fully saturated rings. The number of amidine groups is 1. The minimum atomic E-state index is -3.82. The van der Waals surface area contributed by atoms with Gasteiger partial charge in [-0.25, -0.2) is 5.48 Å². The van der Waals surface area contributed by atoms with Crippen LogP contribution in [0.3, 0.4) is 0 Å². The predicted octanol–water partition coefficient (Wildman–Crippen LogP) is 1.20. The summed E-state index contributed by atoms with van der Waals surface area (Å²) in [6, 6.07) is 6.25. The topological polar surface area (TPSA) is 79.2 Å². The quantitative estimate of drug-likeness (QED) is 0.463. The Morgan fingerprint density at radius 1 is 1.33 bits per heavy atom. The number of hydrogen-bond acceptors (Lipinski definition) is 4. The van der Waals surface area contributed by atoms with Gasteiger partial charge in [0.1, 0.15) is 5.84 Å². The van der Waals surface area contributed by atoms with Crippen molar-refractivity contribution in [2.75, 3.05) is 0 Å². The highest BCUT2D eigenvalue weighted by Crippen LogP contribution is 2.11. The van der Waals surface area contributed by atoms with Crippen molar-refractivity contribution in [3.8, 4) is 0 Å². The van der Waals surface area contributed by atoms with Crippen molar-refractivity contribution < 1.29 is 12.7 Å². The van der Waals surface area contributed by atoms with Crippen LogP contribution in [0.1, 0.15) is 12.5 Å². The molecule has 6 heteroatoms. The smallest absolute Gasteiger partial charge is 0.287 e. The molecule has 0 radical (unpaired) electrons. The Labute approximate surface area is 88.7 Å². The van der Waals surface area contributed by atoms with Crippen LogP contribution in [0.2, 0.25) is 0 Å². The summed E-state index contributed by atoms with van der Waals surface area (Å²) in [7, 11) is -3.82. The van der Waals surface area contributed by atoms with E-state index >= 15 is 0 Å². The monoisotopic (exact) mass is 228 g/mol. The Kier molecular flexibility index (Phi) is 3.43. The predicted molar refractivity (Wildman–Crippen MR) is 56.0 cm³/mol. The van der Waals surface area contributed by atoms with E-state index in [0.29, 0.717) is 0 Å². The van der Waals surface area contributed by atoms with Crippen LogP contribution in [0.25, 0.3) is 0 Å². The molecular weight excluding hydrogens is 216 g/mol. The molecule has 0 amide bonds. The Bertz CT molecular complexity index is 451. The van der Waals surface area contributed by atoms with Crippen molar-refractivity contribution in [1.82, 2.24) is 5.48 Å². The molecule has 0 saturated carbocycles. The average Bonchev–Trinajstić information content (AvgIpc) is 2.16. The van der Waals surface area contributed by atoms with Crippen LogP contribution in [0.15, 0.2) is 29.2 Å². The van der Waals surface area contributed by atoms with Crippen molar-refractivity contribution in [3.05, 3.63) is 29.8 Å². The highest BCUT2D eigenvalue weighted by molar-refractivity contribution is 7.86. The summed E-state index contributed by atoms with van der Waals surface area (Å²) >= 11 is 0. The maximum Gasteiger partial charge on any atom is 0.317 e. The van der Waals surface area contributed by atoms with Crippen LogP contribution < -0.4 is 5.48 Å². The molecule has 1 aromatic carbocycles. The van der Waals surface area contributed by atoms with Gasteiger partial charge < -0.3 is 0 Å². The molecule has 0 aromatic heterocycles. The minimum absolute atomic E-state index is 0.0573. The Balaban J connectivity index is 2.87. The number of hydrogen-bond donors (Lipinski definition) is 2. The molecule has 0 saturated heterocycles. The molecule has 0 unspecified atom stereocenters. The maximum absolute atomic E-state index is 11.5. The molecule has 0 heterocycles. The van der Waals surface area contributed by atoms with Gasteiger partial charge in [0.25, 0.3) is 0 Å². The average molecular weight is 228 g/mol. The van der Waals surface area contributed by atoms with Gasteiger partial charge in [0, 0.05) is 0 Å². The lowest BCUT2D eigenvalue weighted by atomic mass is 10.2. The van der Waals surface area contributed by atoms with Gasteiger partial charge in [-0.1, -0.05) is 17.7 Å². The summed E-state index contributed by atoms with van der Waals surface area (Å²) in [4.78, 5) is 0.0573. The summed E-state index contributed by atoms with van der Waals surface area (Å²) in [5, 5.41) is 6.97. The van der Waals surface area contributed by atoms with Crippen LogP contribution in [0, 0.1) is 12.3 Å². The zero-order chi connectivity index (χ0) is 11.5. The van der Waals surface area contributed by atoms with Crippen LogP contribution in [-0.4, -0.2) is 14.3 Å². The summed E-state index contributed by atoms with van der Waals surface area (Å²) in [5.74, 6) is -0.0781. The van der Waals surface area contributed by atoms with E-state index in [1.54, 1.807) is 12.1 Å². The van der Waals surface area contributed by atoms with E-state index in [4.69, 9.17) is 5.41 Å². The van der Waals surface area contributed by atoms with Gasteiger partial charge in [-0.2, -0.15) is 8.42 Å². The van der Waals surface area contributed by atoms with Crippen molar-refractivity contribution >= 4 is 16.0 Å². The SMILES string of the molecule is CC(=N)NOS(=O)(=O)c1ccc(C)cc1. The molecule has 1 aromatic rings. The van der Waals surface area contributed by atoms with E-state index in [0.717, 1.165) is 5.56 Å². The van der Waals surface area contributed by atoms with Crippen LogP contribution in [-0.2, 0) is 14.4 Å². The Hall–Kier alpha value is -1.40. The molecule has 0 aliphatic rings. The fourth-order valence-corrected chi connectivity index (χ4v) is 1.67. The first-order valence-electron chi connectivity index (χ1n) is 4.23. The van der Waals surface area contributed by atoms with E-state index in [9.17, 15) is 8.42 Å². The van der Waals surface area contributed by atoms with Gasteiger partial charge in [0.15, 0.2) is 0 Å². The van der Waals surface area contributed by atoms with Gasteiger partial charge in [-0.05, 0) is 26.0 Å². The number of rotatable bonds is 3. The zero-order valence-corrected chi connectivity index (χ0v) is 9.26. The molecule has 0 bridgehead atoms. The second kappa shape index (κ2) is 4.41. The number of aryl methyl sites for hydroxylation is 1. The van der Waals surface area contributed by atoms with E-state index in [1.165, 1.54) is 19.1 Å². The highest BCUT2D eigenvalue weighted by Gasteiger charge is 2.14. The molecule has 15 heavy (non-hydrogen) atoms. The number of nitrogens with one attached hydrogen (secondary N) is 2. The first-order chi connectivity index (χ1) is 6.92. The molecule has 2 N–H and O–H groups in total. The number of hydroxylamine groups is 1. The third-order valence-corrected chi connectivity index (χ3v) is 2.77. The summed E-state index contributed by atoms with van der Waals surface area (Å²) < 4.78 is 27.3. The fraction of sp³-hybridized carbons (Fsp3) is 0.222. The third-order valence-electron chi connectivity index (χ3n) is 1.61. The molecular formula is C9H12N2O3S. The van der Waals surface area contributed by atoms with Gasteiger partial charge in [0.2, 0.25) is 0 Å². The molecule has 0 spiro atoms. The van der Waals surface area contributed by atoms with Gasteiger partial charge in [0.05, 0.1) is 4.90 Å². The van der Waals surface area contributed by atoms with Crippen molar-refractivity contribution in [2.45, 2.75) is 18.7 Å². The first-order valence-corrected chi connectivity index (χ1v) is 5.64. The molecule has 5 nitrogen and oxygen atoms in total. The van der Waals surface area contributed by atoms with E-state index < -0.39 is 10.1 Å². The van der Waals surface area contributed by atoms with Gasteiger partial charge in [-0.3, -0.25) is 5.41 Å². The van der Waals surface area contributed by atoms with E-state index in [1.807, 2.05) is 12.4 Å². The summed E-state index contributed by atoms with van der Waals surface area (Å²) in [5.41, 5.74) is 2.96. The zero-order valence-electron chi connectivity index (χ0n) is 8.44. The van der Waals surface area contributed by atoms with Crippen LogP contribution in [0.5, 0.6) is 0 Å². The van der Waals surface area contributed by atoms with Gasteiger partial charge in [-0.15, -0.1) is 4.28 Å². The lowest BCUT2D eigenvalue weighted by molar-refractivity contribution is 0.266. The normalized spacial score (nSPS) is 11.1. The Morgan fingerprint density at radius 2 is 1.87 bits per heavy atom. The van der Waals surface area contributed by atoms with Crippen LogP contribution >= 0.6 is 0 Å². The third kappa shape index (κ3) is 3.34. The first kappa shape index (κ1) is 11.7. The number of benzene rings is 1.